The molecule has 0 radical (unpaired) electrons. The minimum absolute atomic E-state index is 0.475. The largest absolute Gasteiger partial charge is 0.411 e. The normalized spacial score (nSPS) is 12.6. The van der Waals surface area contributed by atoms with Gasteiger partial charge in [0.05, 0.1) is 6.61 Å². The van der Waals surface area contributed by atoms with E-state index < -0.39 is 0 Å². The molecule has 0 saturated carbocycles. The van der Waals surface area contributed by atoms with Gasteiger partial charge < -0.3 is 9.94 Å². The summed E-state index contributed by atoms with van der Waals surface area (Å²) in [6, 6.07) is 10.2. The summed E-state index contributed by atoms with van der Waals surface area (Å²) in [6.45, 7) is 5.28. The standard InChI is InChI=1S/C16H23NO2/c1-2-15(8-6-7-12-17-18)11-13-19-14-16-9-4-3-5-10-16/h2-5,9-10,12,15,18H,1,6-8,11,13-14H2/b17-12+. The number of benzene rings is 1. The zero-order chi connectivity index (χ0) is 13.8. The molecule has 0 heterocycles. The molecule has 104 valence electrons. The third-order valence-corrected chi connectivity index (χ3v) is 3.07. The van der Waals surface area contributed by atoms with Gasteiger partial charge in [0.2, 0.25) is 0 Å². The summed E-state index contributed by atoms with van der Waals surface area (Å²) >= 11 is 0. The first-order chi connectivity index (χ1) is 9.36. The summed E-state index contributed by atoms with van der Waals surface area (Å²) in [5.41, 5.74) is 1.21. The fourth-order valence-electron chi connectivity index (χ4n) is 1.91. The molecule has 0 amide bonds. The Morgan fingerprint density at radius 2 is 2.05 bits per heavy atom. The third-order valence-electron chi connectivity index (χ3n) is 3.07. The molecule has 3 nitrogen and oxygen atoms in total. The van der Waals surface area contributed by atoms with Crippen molar-refractivity contribution >= 4 is 6.21 Å². The summed E-state index contributed by atoms with van der Waals surface area (Å²) in [7, 11) is 0. The molecule has 3 heteroatoms. The van der Waals surface area contributed by atoms with Gasteiger partial charge in [0.25, 0.3) is 0 Å². The molecule has 0 bridgehead atoms. The van der Waals surface area contributed by atoms with Crippen LogP contribution in [0.2, 0.25) is 0 Å². The summed E-state index contributed by atoms with van der Waals surface area (Å²) in [5, 5.41) is 11.3. The lowest BCUT2D eigenvalue weighted by atomic mass is 9.99. The summed E-state index contributed by atoms with van der Waals surface area (Å²) in [4.78, 5) is 0. The van der Waals surface area contributed by atoms with Crippen LogP contribution in [-0.4, -0.2) is 18.0 Å². The Morgan fingerprint density at radius 3 is 2.74 bits per heavy atom. The Labute approximate surface area is 115 Å². The van der Waals surface area contributed by atoms with Crippen LogP contribution < -0.4 is 0 Å². The highest BCUT2D eigenvalue weighted by Crippen LogP contribution is 2.14. The Balaban J connectivity index is 2.10. The Hall–Kier alpha value is -1.61. The van der Waals surface area contributed by atoms with Crippen LogP contribution in [0.15, 0.2) is 48.1 Å². The minimum atomic E-state index is 0.475. The van der Waals surface area contributed by atoms with Crippen LogP contribution >= 0.6 is 0 Å². The first-order valence-electron chi connectivity index (χ1n) is 6.77. The lowest BCUT2D eigenvalue weighted by Gasteiger charge is -2.12. The Morgan fingerprint density at radius 1 is 1.26 bits per heavy atom. The zero-order valence-corrected chi connectivity index (χ0v) is 11.4. The molecule has 1 aromatic rings. The fourth-order valence-corrected chi connectivity index (χ4v) is 1.91. The van der Waals surface area contributed by atoms with Crippen molar-refractivity contribution < 1.29 is 9.94 Å². The van der Waals surface area contributed by atoms with Gasteiger partial charge >= 0.3 is 0 Å². The van der Waals surface area contributed by atoms with E-state index in [0.29, 0.717) is 12.5 Å². The quantitative estimate of drug-likeness (QED) is 0.227. The lowest BCUT2D eigenvalue weighted by Crippen LogP contribution is -2.03. The van der Waals surface area contributed by atoms with Crippen LogP contribution in [0.4, 0.5) is 0 Å². The van der Waals surface area contributed by atoms with Crippen molar-refractivity contribution in [2.24, 2.45) is 11.1 Å². The molecule has 0 aliphatic carbocycles. The van der Waals surface area contributed by atoms with Crippen molar-refractivity contribution in [2.45, 2.75) is 32.3 Å². The van der Waals surface area contributed by atoms with Gasteiger partial charge in [0, 0.05) is 12.8 Å². The van der Waals surface area contributed by atoms with E-state index in [2.05, 4.69) is 23.9 Å². The summed E-state index contributed by atoms with van der Waals surface area (Å²) in [6.07, 6.45) is 7.40. The molecule has 19 heavy (non-hydrogen) atoms. The third kappa shape index (κ3) is 7.42. The second kappa shape index (κ2) is 10.3. The van der Waals surface area contributed by atoms with E-state index in [0.717, 1.165) is 32.3 Å². The molecule has 0 aliphatic heterocycles. The van der Waals surface area contributed by atoms with E-state index >= 15 is 0 Å². The van der Waals surface area contributed by atoms with Crippen LogP contribution in [0.3, 0.4) is 0 Å². The van der Waals surface area contributed by atoms with Crippen molar-refractivity contribution in [1.82, 2.24) is 0 Å². The van der Waals surface area contributed by atoms with Gasteiger partial charge in [-0.2, -0.15) is 0 Å². The smallest absolute Gasteiger partial charge is 0.0716 e. The molecule has 0 saturated heterocycles. The van der Waals surface area contributed by atoms with E-state index in [4.69, 9.17) is 9.94 Å². The van der Waals surface area contributed by atoms with E-state index in [1.54, 1.807) is 0 Å². The van der Waals surface area contributed by atoms with Crippen LogP contribution in [0.5, 0.6) is 0 Å². The average molecular weight is 261 g/mol. The van der Waals surface area contributed by atoms with Gasteiger partial charge in [0.15, 0.2) is 0 Å². The summed E-state index contributed by atoms with van der Waals surface area (Å²) < 4.78 is 5.67. The number of allylic oxidation sites excluding steroid dienone is 1. The van der Waals surface area contributed by atoms with Gasteiger partial charge in [-0.15, -0.1) is 11.7 Å². The maximum absolute atomic E-state index is 8.30. The maximum atomic E-state index is 8.30. The second-order valence-electron chi connectivity index (χ2n) is 4.55. The fraction of sp³-hybridized carbons (Fsp3) is 0.438. The molecular weight excluding hydrogens is 238 g/mol. The Bertz CT molecular complexity index is 362. The van der Waals surface area contributed by atoms with E-state index in [9.17, 15) is 0 Å². The molecule has 0 fully saturated rings. The second-order valence-corrected chi connectivity index (χ2v) is 4.55. The maximum Gasteiger partial charge on any atom is 0.0716 e. The molecule has 0 spiro atoms. The topological polar surface area (TPSA) is 41.8 Å². The number of ether oxygens (including phenoxy) is 1. The zero-order valence-electron chi connectivity index (χ0n) is 11.4. The lowest BCUT2D eigenvalue weighted by molar-refractivity contribution is 0.110. The van der Waals surface area contributed by atoms with Crippen molar-refractivity contribution in [3.8, 4) is 0 Å². The molecule has 0 aliphatic rings. The number of hydrogen-bond donors (Lipinski definition) is 1. The monoisotopic (exact) mass is 261 g/mol. The highest BCUT2D eigenvalue weighted by atomic mass is 16.5. The van der Waals surface area contributed by atoms with Gasteiger partial charge in [-0.25, -0.2) is 0 Å². The van der Waals surface area contributed by atoms with Crippen LogP contribution in [-0.2, 0) is 11.3 Å². The number of nitrogens with zero attached hydrogens (tertiary/aromatic N) is 1. The van der Waals surface area contributed by atoms with Crippen molar-refractivity contribution in [3.05, 3.63) is 48.6 Å². The molecule has 1 rings (SSSR count). The highest BCUT2D eigenvalue weighted by Gasteiger charge is 2.03. The van der Waals surface area contributed by atoms with Gasteiger partial charge in [0.1, 0.15) is 0 Å². The molecule has 1 atom stereocenters. The highest BCUT2D eigenvalue weighted by molar-refractivity contribution is 5.55. The first-order valence-corrected chi connectivity index (χ1v) is 6.77. The van der Waals surface area contributed by atoms with Crippen LogP contribution in [0.1, 0.15) is 31.2 Å². The number of oxime groups is 1. The van der Waals surface area contributed by atoms with Crippen LogP contribution in [0.25, 0.3) is 0 Å². The van der Waals surface area contributed by atoms with Crippen molar-refractivity contribution in [2.75, 3.05) is 6.61 Å². The molecule has 1 N–H and O–H groups in total. The Kier molecular flexibility index (Phi) is 8.39. The molecule has 1 aromatic carbocycles. The van der Waals surface area contributed by atoms with E-state index in [1.165, 1.54) is 11.8 Å². The number of rotatable bonds is 10. The molecular formula is C16H23NO2. The minimum Gasteiger partial charge on any atom is -0.411 e. The SMILES string of the molecule is C=CC(CCC/C=N/O)CCOCc1ccccc1. The average Bonchev–Trinajstić information content (AvgIpc) is 2.46. The van der Waals surface area contributed by atoms with Gasteiger partial charge in [-0.3, -0.25) is 0 Å². The van der Waals surface area contributed by atoms with E-state index in [-0.39, 0.29) is 0 Å². The predicted octanol–water partition coefficient (Wildman–Crippen LogP) is 4.03. The van der Waals surface area contributed by atoms with Crippen molar-refractivity contribution in [3.63, 3.8) is 0 Å². The molecule has 0 aromatic heterocycles. The summed E-state index contributed by atoms with van der Waals surface area (Å²) in [5.74, 6) is 0.475. The van der Waals surface area contributed by atoms with Crippen LogP contribution in [0, 0.1) is 5.92 Å². The van der Waals surface area contributed by atoms with Gasteiger partial charge in [-0.1, -0.05) is 36.4 Å². The number of hydrogen-bond acceptors (Lipinski definition) is 3. The van der Waals surface area contributed by atoms with Gasteiger partial charge in [-0.05, 0) is 37.2 Å². The van der Waals surface area contributed by atoms with Crippen molar-refractivity contribution in [1.29, 1.82) is 0 Å². The first kappa shape index (κ1) is 15.4. The van der Waals surface area contributed by atoms with E-state index in [1.807, 2.05) is 24.3 Å². The molecule has 1 unspecified atom stereocenters. The predicted molar refractivity (Wildman–Crippen MR) is 78.5 cm³/mol. The number of unbranched alkanes of at least 4 members (excludes halogenated alkanes) is 1.